The van der Waals surface area contributed by atoms with Crippen LogP contribution in [0.2, 0.25) is 0 Å². The molecular weight excluding hydrogens is 364 g/mol. The smallest absolute Gasteiger partial charge is 0.291 e. The molecule has 0 aliphatic carbocycles. The number of nitrogens with zero attached hydrogens (tertiary/aromatic N) is 4. The minimum absolute atomic E-state index is 0.00728. The van der Waals surface area contributed by atoms with Crippen LogP contribution in [0.5, 0.6) is 0 Å². The maximum Gasteiger partial charge on any atom is 0.291 e. The highest BCUT2D eigenvalue weighted by Crippen LogP contribution is 2.28. The Morgan fingerprint density at radius 3 is 2.72 bits per heavy atom. The molecular formula is C23H30N4O2. The number of para-hydroxylation sites is 1. The highest BCUT2D eigenvalue weighted by Gasteiger charge is 2.32. The summed E-state index contributed by atoms with van der Waals surface area (Å²) in [6.45, 7) is 10.5. The number of hydrogen-bond acceptors (Lipinski definition) is 3. The maximum absolute atomic E-state index is 13.4. The van der Waals surface area contributed by atoms with Crippen molar-refractivity contribution in [2.24, 2.45) is 16.4 Å². The molecule has 1 atom stereocenters. The van der Waals surface area contributed by atoms with Crippen LogP contribution in [-0.2, 0) is 11.3 Å². The minimum Gasteiger partial charge on any atom is -0.341 e. The Balaban J connectivity index is 1.70. The van der Waals surface area contributed by atoms with E-state index in [9.17, 15) is 9.59 Å². The summed E-state index contributed by atoms with van der Waals surface area (Å²) in [5.41, 5.74) is 2.29. The molecule has 6 heteroatoms. The number of aromatic nitrogens is 1. The summed E-state index contributed by atoms with van der Waals surface area (Å²) in [4.78, 5) is 28.2. The molecule has 2 aliphatic rings. The average Bonchev–Trinajstić information content (AvgIpc) is 2.97. The summed E-state index contributed by atoms with van der Waals surface area (Å²) in [6, 6.07) is 9.92. The standard InChI is InChI=1S/C23H30N4O2/c1-16-8-7-11-25(13-16)21(28)15-27-22(29)19-12-17-9-5-6-10-18(17)26(19)14-20(24-27)23(2,3)4/h5-6,9-10,12,16H,7-8,11,13-15H2,1-4H3/t16-/m1/s1. The summed E-state index contributed by atoms with van der Waals surface area (Å²) in [7, 11) is 0. The number of amides is 2. The molecule has 3 heterocycles. The van der Waals surface area contributed by atoms with Crippen LogP contribution in [0.3, 0.4) is 0 Å². The summed E-state index contributed by atoms with van der Waals surface area (Å²) in [5.74, 6) is 0.272. The van der Waals surface area contributed by atoms with E-state index in [-0.39, 0.29) is 23.8 Å². The van der Waals surface area contributed by atoms with Crippen LogP contribution in [-0.4, -0.2) is 51.6 Å². The fourth-order valence-corrected chi connectivity index (χ4v) is 4.20. The van der Waals surface area contributed by atoms with Crippen LogP contribution >= 0.6 is 0 Å². The van der Waals surface area contributed by atoms with Crippen LogP contribution in [0.1, 0.15) is 51.0 Å². The first-order valence-corrected chi connectivity index (χ1v) is 10.5. The lowest BCUT2D eigenvalue weighted by Crippen LogP contribution is -2.45. The molecule has 0 N–H and O–H groups in total. The zero-order chi connectivity index (χ0) is 20.8. The normalized spacial score (nSPS) is 20.5. The second kappa shape index (κ2) is 7.32. The van der Waals surface area contributed by atoms with Gasteiger partial charge in [0.1, 0.15) is 12.2 Å². The quantitative estimate of drug-likeness (QED) is 0.779. The van der Waals surface area contributed by atoms with Crippen LogP contribution in [0.15, 0.2) is 35.4 Å². The fourth-order valence-electron chi connectivity index (χ4n) is 4.20. The predicted molar refractivity (Wildman–Crippen MR) is 115 cm³/mol. The van der Waals surface area contributed by atoms with Crippen molar-refractivity contribution >= 4 is 28.4 Å². The first kappa shape index (κ1) is 19.7. The van der Waals surface area contributed by atoms with E-state index in [1.54, 1.807) is 0 Å². The van der Waals surface area contributed by atoms with Gasteiger partial charge in [0.05, 0.1) is 12.3 Å². The van der Waals surface area contributed by atoms with Crippen molar-refractivity contribution in [3.8, 4) is 0 Å². The number of hydrazone groups is 1. The Labute approximate surface area is 172 Å². The number of rotatable bonds is 2. The van der Waals surface area contributed by atoms with Gasteiger partial charge >= 0.3 is 0 Å². The lowest BCUT2D eigenvalue weighted by atomic mass is 9.90. The summed E-state index contributed by atoms with van der Waals surface area (Å²) >= 11 is 0. The fraction of sp³-hybridized carbons (Fsp3) is 0.522. The second-order valence-electron chi connectivity index (χ2n) is 9.42. The van der Waals surface area contributed by atoms with E-state index in [0.717, 1.165) is 42.5 Å². The van der Waals surface area contributed by atoms with Crippen molar-refractivity contribution in [3.63, 3.8) is 0 Å². The zero-order valence-electron chi connectivity index (χ0n) is 17.8. The lowest BCUT2D eigenvalue weighted by molar-refractivity contribution is -0.133. The molecule has 0 radical (unpaired) electrons. The van der Waals surface area contributed by atoms with Gasteiger partial charge in [-0.3, -0.25) is 9.59 Å². The van der Waals surface area contributed by atoms with Crippen LogP contribution in [0.25, 0.3) is 10.9 Å². The Morgan fingerprint density at radius 1 is 1.24 bits per heavy atom. The highest BCUT2D eigenvalue weighted by molar-refractivity contribution is 6.03. The second-order valence-corrected chi connectivity index (χ2v) is 9.42. The van der Waals surface area contributed by atoms with Gasteiger partial charge < -0.3 is 9.47 Å². The van der Waals surface area contributed by atoms with E-state index in [1.807, 2.05) is 39.8 Å². The van der Waals surface area contributed by atoms with Gasteiger partial charge in [-0.15, -0.1) is 0 Å². The molecule has 1 aromatic carbocycles. The van der Waals surface area contributed by atoms with Gasteiger partial charge in [-0.2, -0.15) is 5.10 Å². The zero-order valence-corrected chi connectivity index (χ0v) is 17.8. The third-order valence-electron chi connectivity index (χ3n) is 5.97. The monoisotopic (exact) mass is 394 g/mol. The lowest BCUT2D eigenvalue weighted by Gasteiger charge is -2.32. The van der Waals surface area contributed by atoms with E-state index < -0.39 is 0 Å². The van der Waals surface area contributed by atoms with Gasteiger partial charge in [-0.25, -0.2) is 5.01 Å². The predicted octanol–water partition coefficient (Wildman–Crippen LogP) is 3.76. The number of piperidine rings is 1. The van der Waals surface area contributed by atoms with Crippen molar-refractivity contribution in [2.75, 3.05) is 19.6 Å². The van der Waals surface area contributed by atoms with Gasteiger partial charge in [0.25, 0.3) is 5.91 Å². The first-order chi connectivity index (χ1) is 13.7. The van der Waals surface area contributed by atoms with E-state index >= 15 is 0 Å². The third kappa shape index (κ3) is 3.80. The molecule has 2 aromatic rings. The van der Waals surface area contributed by atoms with E-state index in [1.165, 1.54) is 5.01 Å². The summed E-state index contributed by atoms with van der Waals surface area (Å²) < 4.78 is 2.04. The number of carbonyl (C=O) groups is 2. The summed E-state index contributed by atoms with van der Waals surface area (Å²) in [6.07, 6.45) is 2.17. The molecule has 1 aromatic heterocycles. The summed E-state index contributed by atoms with van der Waals surface area (Å²) in [5, 5.41) is 7.13. The average molecular weight is 395 g/mol. The molecule has 29 heavy (non-hydrogen) atoms. The molecule has 0 saturated carbocycles. The molecule has 1 saturated heterocycles. The van der Waals surface area contributed by atoms with Crippen molar-refractivity contribution < 1.29 is 9.59 Å². The van der Waals surface area contributed by atoms with Gasteiger partial charge in [0, 0.05) is 29.4 Å². The van der Waals surface area contributed by atoms with E-state index in [2.05, 4.69) is 27.7 Å². The molecule has 2 amide bonds. The van der Waals surface area contributed by atoms with Crippen molar-refractivity contribution in [1.82, 2.24) is 14.5 Å². The highest BCUT2D eigenvalue weighted by atomic mass is 16.2. The molecule has 4 rings (SSSR count). The van der Waals surface area contributed by atoms with Gasteiger partial charge in [0.15, 0.2) is 0 Å². The third-order valence-corrected chi connectivity index (χ3v) is 5.97. The number of benzene rings is 1. The number of likely N-dealkylation sites (tertiary alicyclic amines) is 1. The largest absolute Gasteiger partial charge is 0.341 e. The maximum atomic E-state index is 13.4. The minimum atomic E-state index is -0.214. The Morgan fingerprint density at radius 2 is 2.00 bits per heavy atom. The number of hydrogen-bond donors (Lipinski definition) is 0. The first-order valence-electron chi connectivity index (χ1n) is 10.5. The van der Waals surface area contributed by atoms with Crippen molar-refractivity contribution in [1.29, 1.82) is 0 Å². The van der Waals surface area contributed by atoms with Gasteiger partial charge in [0.2, 0.25) is 5.91 Å². The molecule has 1 fully saturated rings. The Hall–Kier alpha value is -2.63. The topological polar surface area (TPSA) is 57.9 Å². The van der Waals surface area contributed by atoms with Crippen LogP contribution < -0.4 is 0 Å². The Kier molecular flexibility index (Phi) is 4.97. The number of carbonyl (C=O) groups excluding carboxylic acids is 2. The van der Waals surface area contributed by atoms with Crippen LogP contribution in [0, 0.1) is 11.3 Å². The van der Waals surface area contributed by atoms with Crippen molar-refractivity contribution in [3.05, 3.63) is 36.0 Å². The van der Waals surface area contributed by atoms with Crippen LogP contribution in [0.4, 0.5) is 0 Å². The molecule has 154 valence electrons. The Bertz CT molecular complexity index is 982. The molecule has 6 nitrogen and oxygen atoms in total. The van der Waals surface area contributed by atoms with E-state index in [0.29, 0.717) is 18.2 Å². The molecule has 0 bridgehead atoms. The number of fused-ring (bicyclic) bond motifs is 3. The van der Waals surface area contributed by atoms with Gasteiger partial charge in [-0.1, -0.05) is 45.9 Å². The SMILES string of the molecule is C[C@@H]1CCCN(C(=O)CN2N=C(C(C)(C)C)Cn3c(cc4ccccc43)C2=O)C1. The molecule has 2 aliphatic heterocycles. The van der Waals surface area contributed by atoms with Gasteiger partial charge in [-0.05, 0) is 30.9 Å². The van der Waals surface area contributed by atoms with E-state index in [4.69, 9.17) is 5.10 Å². The van der Waals surface area contributed by atoms with Crippen molar-refractivity contribution in [2.45, 2.75) is 47.1 Å². The molecule has 0 unspecified atom stereocenters. The molecule has 0 spiro atoms.